The van der Waals surface area contributed by atoms with E-state index in [9.17, 15) is 18.4 Å². The fourth-order valence-corrected chi connectivity index (χ4v) is 2.86. The van der Waals surface area contributed by atoms with Crippen LogP contribution in [0.5, 0.6) is 5.75 Å². The Morgan fingerprint density at radius 2 is 2.10 bits per heavy atom. The average molecular weight is 420 g/mol. The van der Waals surface area contributed by atoms with Gasteiger partial charge >= 0.3 is 5.92 Å². The zero-order chi connectivity index (χ0) is 21.9. The molecule has 0 spiro atoms. The molecule has 1 saturated heterocycles. The van der Waals surface area contributed by atoms with E-state index >= 15 is 0 Å². The number of pyridine rings is 1. The summed E-state index contributed by atoms with van der Waals surface area (Å²) in [6, 6.07) is 2.88. The maximum absolute atomic E-state index is 13.7. The second-order valence-electron chi connectivity index (χ2n) is 7.09. The number of carbonyl (C=O) groups is 2. The Labute approximate surface area is 171 Å². The summed E-state index contributed by atoms with van der Waals surface area (Å²) in [6.45, 7) is 3.85. The van der Waals surface area contributed by atoms with E-state index in [-0.39, 0.29) is 36.1 Å². The van der Waals surface area contributed by atoms with Crippen LogP contribution >= 0.6 is 0 Å². The minimum atomic E-state index is -3.21. The number of nitrogens with one attached hydrogen (secondary N) is 3. The van der Waals surface area contributed by atoms with Crippen molar-refractivity contribution in [3.8, 4) is 5.75 Å². The number of halogens is 2. The second kappa shape index (κ2) is 8.56. The van der Waals surface area contributed by atoms with Gasteiger partial charge in [-0.1, -0.05) is 0 Å². The molecule has 1 aliphatic rings. The minimum absolute atomic E-state index is 0.0365. The Morgan fingerprint density at radius 1 is 1.33 bits per heavy atom. The number of amides is 2. The summed E-state index contributed by atoms with van der Waals surface area (Å²) in [6.07, 6.45) is 2.49. The van der Waals surface area contributed by atoms with Gasteiger partial charge in [-0.2, -0.15) is 8.78 Å². The van der Waals surface area contributed by atoms with Gasteiger partial charge in [-0.3, -0.25) is 9.59 Å². The zero-order valence-corrected chi connectivity index (χ0v) is 16.8. The number of carbonyl (C=O) groups excluding carboxylic acids is 2. The van der Waals surface area contributed by atoms with Crippen LogP contribution in [0.3, 0.4) is 0 Å². The van der Waals surface area contributed by atoms with Gasteiger partial charge in [0.1, 0.15) is 18.2 Å². The fourth-order valence-electron chi connectivity index (χ4n) is 2.86. The van der Waals surface area contributed by atoms with Crippen molar-refractivity contribution in [1.82, 2.24) is 20.3 Å². The number of hydrogen-bond donors (Lipinski definition) is 3. The van der Waals surface area contributed by atoms with E-state index < -0.39 is 11.7 Å². The van der Waals surface area contributed by atoms with Crippen LogP contribution in [0.2, 0.25) is 0 Å². The first kappa shape index (κ1) is 21.3. The topological polar surface area (TPSA) is 118 Å². The van der Waals surface area contributed by atoms with Gasteiger partial charge in [0, 0.05) is 38.1 Å². The van der Waals surface area contributed by atoms with E-state index in [0.717, 1.165) is 6.92 Å². The molecule has 11 heteroatoms. The summed E-state index contributed by atoms with van der Waals surface area (Å²) in [5.41, 5.74) is 0.720. The molecule has 2 aromatic rings. The molecule has 9 nitrogen and oxygen atoms in total. The number of hydrogen-bond acceptors (Lipinski definition) is 7. The largest absolute Gasteiger partial charge is 0.488 e. The van der Waals surface area contributed by atoms with Gasteiger partial charge in [0.25, 0.3) is 0 Å². The summed E-state index contributed by atoms with van der Waals surface area (Å²) < 4.78 is 33.2. The molecule has 0 aromatic carbocycles. The van der Waals surface area contributed by atoms with Crippen molar-refractivity contribution in [1.29, 1.82) is 0 Å². The van der Waals surface area contributed by atoms with Crippen LogP contribution in [0, 0.1) is 6.92 Å². The third-order valence-electron chi connectivity index (χ3n) is 4.21. The van der Waals surface area contributed by atoms with Crippen molar-refractivity contribution < 1.29 is 23.1 Å². The maximum Gasteiger partial charge on any atom is 0.303 e. The van der Waals surface area contributed by atoms with Crippen molar-refractivity contribution in [3.05, 3.63) is 29.8 Å². The lowest BCUT2D eigenvalue weighted by Gasteiger charge is -2.17. The summed E-state index contributed by atoms with van der Waals surface area (Å²) in [5.74, 6) is -3.48. The summed E-state index contributed by atoms with van der Waals surface area (Å²) in [5, 5.41) is 8.29. The van der Waals surface area contributed by atoms with Crippen LogP contribution in [0.4, 0.5) is 26.1 Å². The molecule has 2 aromatic heterocycles. The Morgan fingerprint density at radius 3 is 2.73 bits per heavy atom. The normalized spacial score (nSPS) is 16.2. The highest BCUT2D eigenvalue weighted by Crippen LogP contribution is 2.31. The van der Waals surface area contributed by atoms with Crippen molar-refractivity contribution >= 4 is 29.1 Å². The molecule has 0 radical (unpaired) electrons. The first-order valence-electron chi connectivity index (χ1n) is 9.31. The van der Waals surface area contributed by atoms with Crippen LogP contribution in [-0.2, 0) is 15.5 Å². The number of aryl methyl sites for hydroxylation is 1. The third kappa shape index (κ3) is 5.58. The van der Waals surface area contributed by atoms with Crippen LogP contribution < -0.4 is 20.7 Å². The van der Waals surface area contributed by atoms with Crippen LogP contribution in [0.1, 0.15) is 38.2 Å². The predicted octanol–water partition coefficient (Wildman–Crippen LogP) is 2.65. The third-order valence-corrected chi connectivity index (χ3v) is 4.21. The highest BCUT2D eigenvalue weighted by molar-refractivity contribution is 5.88. The maximum atomic E-state index is 13.7. The first-order valence-corrected chi connectivity index (χ1v) is 9.31. The molecule has 0 unspecified atom stereocenters. The standard InChI is InChI=1S/C19H22F2N6O3/c1-10-6-16(27-18(23-10)19(3,20)21)26-13-7-15(24-11(2)28)22-8-14(13)30-9-12-4-5-17(29)25-12/h6-8,12H,4-5,9H2,1-3H3,(H,25,29)(H2,22,23,24,26,27,28)/t12-/m0/s1. The second-order valence-corrected chi connectivity index (χ2v) is 7.09. The van der Waals surface area contributed by atoms with Crippen molar-refractivity contribution in [2.45, 2.75) is 45.6 Å². The molecule has 0 aliphatic carbocycles. The van der Waals surface area contributed by atoms with Gasteiger partial charge in [0.15, 0.2) is 5.75 Å². The van der Waals surface area contributed by atoms with Crippen molar-refractivity contribution in [3.63, 3.8) is 0 Å². The number of rotatable bonds is 7. The predicted molar refractivity (Wildman–Crippen MR) is 105 cm³/mol. The first-order chi connectivity index (χ1) is 14.1. The van der Waals surface area contributed by atoms with Crippen LogP contribution in [-0.4, -0.2) is 39.4 Å². The fraction of sp³-hybridized carbons (Fsp3) is 0.421. The highest BCUT2D eigenvalue weighted by atomic mass is 19.3. The van der Waals surface area contributed by atoms with Gasteiger partial charge < -0.3 is 20.7 Å². The smallest absolute Gasteiger partial charge is 0.303 e. The van der Waals surface area contributed by atoms with Crippen molar-refractivity contribution in [2.75, 3.05) is 17.2 Å². The Kier molecular flexibility index (Phi) is 6.09. The molecular formula is C19H22F2N6O3. The average Bonchev–Trinajstić information content (AvgIpc) is 3.04. The molecule has 160 valence electrons. The summed E-state index contributed by atoms with van der Waals surface area (Å²) >= 11 is 0. The van der Waals surface area contributed by atoms with Gasteiger partial charge in [-0.05, 0) is 13.3 Å². The highest BCUT2D eigenvalue weighted by Gasteiger charge is 2.29. The molecule has 0 bridgehead atoms. The summed E-state index contributed by atoms with van der Waals surface area (Å²) in [7, 11) is 0. The zero-order valence-electron chi connectivity index (χ0n) is 16.8. The van der Waals surface area contributed by atoms with Gasteiger partial charge in [-0.25, -0.2) is 15.0 Å². The monoisotopic (exact) mass is 420 g/mol. The Hall–Kier alpha value is -3.37. The Bertz CT molecular complexity index is 964. The molecule has 3 rings (SSSR count). The van der Waals surface area contributed by atoms with E-state index in [1.165, 1.54) is 25.3 Å². The van der Waals surface area contributed by atoms with Gasteiger partial charge in [-0.15, -0.1) is 0 Å². The quantitative estimate of drug-likeness (QED) is 0.630. The summed E-state index contributed by atoms with van der Waals surface area (Å²) in [4.78, 5) is 34.5. The molecule has 2 amide bonds. The lowest BCUT2D eigenvalue weighted by molar-refractivity contribution is -0.119. The van der Waals surface area contributed by atoms with Gasteiger partial charge in [0.2, 0.25) is 17.6 Å². The van der Waals surface area contributed by atoms with Crippen molar-refractivity contribution in [2.24, 2.45) is 0 Å². The number of anilines is 3. The number of nitrogens with zero attached hydrogens (tertiary/aromatic N) is 3. The Balaban J connectivity index is 1.87. The number of aromatic nitrogens is 3. The van der Waals surface area contributed by atoms with E-state index in [1.807, 2.05) is 0 Å². The minimum Gasteiger partial charge on any atom is -0.488 e. The van der Waals surface area contributed by atoms with Crippen LogP contribution in [0.15, 0.2) is 18.3 Å². The molecule has 1 atom stereocenters. The van der Waals surface area contributed by atoms with E-state index in [4.69, 9.17) is 4.74 Å². The molecule has 1 aliphatic heterocycles. The lowest BCUT2D eigenvalue weighted by Crippen LogP contribution is -2.31. The van der Waals surface area contributed by atoms with E-state index in [0.29, 0.717) is 30.0 Å². The molecule has 1 fully saturated rings. The molecule has 0 saturated carbocycles. The van der Waals surface area contributed by atoms with E-state index in [1.54, 1.807) is 6.92 Å². The molecule has 3 N–H and O–H groups in total. The van der Waals surface area contributed by atoms with E-state index in [2.05, 4.69) is 30.9 Å². The lowest BCUT2D eigenvalue weighted by atomic mass is 10.2. The number of alkyl halides is 2. The molecular weight excluding hydrogens is 398 g/mol. The molecule has 3 heterocycles. The molecule has 30 heavy (non-hydrogen) atoms. The van der Waals surface area contributed by atoms with Gasteiger partial charge in [0.05, 0.1) is 17.9 Å². The SMILES string of the molecule is CC(=O)Nc1cc(Nc2cc(C)nc(C(C)(F)F)n2)c(OC[C@@H]2CCC(=O)N2)cn1. The number of ether oxygens (including phenoxy) is 1. The van der Waals surface area contributed by atoms with Crippen LogP contribution in [0.25, 0.3) is 0 Å².